The quantitative estimate of drug-likeness (QED) is 0.655. The zero-order chi connectivity index (χ0) is 22.2. The Bertz CT molecular complexity index is 1290. The number of ether oxygens (including phenoxy) is 1. The Morgan fingerprint density at radius 3 is 2.71 bits per heavy atom. The highest BCUT2D eigenvalue weighted by Crippen LogP contribution is 2.25. The van der Waals surface area contributed by atoms with Crippen LogP contribution in [0.1, 0.15) is 44.8 Å². The molecule has 1 amide bonds. The van der Waals surface area contributed by atoms with Crippen LogP contribution in [0.2, 0.25) is 0 Å². The molecule has 0 saturated heterocycles. The Kier molecular flexibility index (Phi) is 5.36. The van der Waals surface area contributed by atoms with Gasteiger partial charge < -0.3 is 4.74 Å². The molecule has 1 aromatic heterocycles. The lowest BCUT2D eigenvalue weighted by molar-refractivity contribution is 0.0966. The first kappa shape index (κ1) is 20.8. The fourth-order valence-electron chi connectivity index (χ4n) is 3.57. The summed E-state index contributed by atoms with van der Waals surface area (Å²) in [6, 6.07) is 11.3. The highest BCUT2D eigenvalue weighted by molar-refractivity contribution is 7.90. The van der Waals surface area contributed by atoms with E-state index in [0.29, 0.717) is 23.4 Å². The number of hydrogen-bond acceptors (Lipinski definition) is 6. The molecule has 9 heteroatoms. The van der Waals surface area contributed by atoms with Crippen LogP contribution in [0, 0.1) is 6.92 Å². The summed E-state index contributed by atoms with van der Waals surface area (Å²) in [6.07, 6.45) is 3.43. The first-order valence-electron chi connectivity index (χ1n) is 9.72. The monoisotopic (exact) mass is 439 g/mol. The molecule has 8 nitrogen and oxygen atoms in total. The third kappa shape index (κ3) is 4.09. The molecule has 3 aromatic rings. The van der Waals surface area contributed by atoms with Gasteiger partial charge in [-0.25, -0.2) is 17.8 Å². The first-order chi connectivity index (χ1) is 14.8. The van der Waals surface area contributed by atoms with Gasteiger partial charge in [-0.1, -0.05) is 12.1 Å². The molecular weight excluding hydrogens is 418 g/mol. The minimum absolute atomic E-state index is 0.0684. The Balaban J connectivity index is 1.59. The van der Waals surface area contributed by atoms with E-state index in [1.54, 1.807) is 18.3 Å². The van der Waals surface area contributed by atoms with Crippen LogP contribution in [-0.2, 0) is 16.4 Å². The van der Waals surface area contributed by atoms with Gasteiger partial charge in [-0.05, 0) is 61.2 Å². The number of fused-ring (bicyclic) bond motifs is 1. The molecule has 0 radical (unpaired) electrons. The van der Waals surface area contributed by atoms with Crippen LogP contribution in [0.5, 0.6) is 5.75 Å². The molecule has 0 saturated carbocycles. The lowest BCUT2D eigenvalue weighted by Gasteiger charge is -2.15. The molecule has 0 atom stereocenters. The van der Waals surface area contributed by atoms with Crippen LogP contribution in [-0.4, -0.2) is 37.0 Å². The largest absolute Gasteiger partial charge is 0.494 e. The van der Waals surface area contributed by atoms with Gasteiger partial charge >= 0.3 is 0 Å². The van der Waals surface area contributed by atoms with E-state index in [1.807, 2.05) is 23.8 Å². The third-order valence-electron chi connectivity index (χ3n) is 5.17. The maximum Gasteiger partial charge on any atom is 0.285 e. The minimum atomic E-state index is -4.17. The van der Waals surface area contributed by atoms with Crippen molar-refractivity contribution in [2.45, 2.75) is 31.1 Å². The first-order valence-corrected chi connectivity index (χ1v) is 11.2. The topological polar surface area (TPSA) is 107 Å². The fourth-order valence-corrected chi connectivity index (χ4v) is 4.55. The molecule has 0 unspecified atom stereocenters. The van der Waals surface area contributed by atoms with Gasteiger partial charge in [0, 0.05) is 18.2 Å². The van der Waals surface area contributed by atoms with Crippen molar-refractivity contribution in [3.8, 4) is 11.4 Å². The van der Waals surface area contributed by atoms with Crippen LogP contribution in [0.4, 0.5) is 0 Å². The van der Waals surface area contributed by atoms with Gasteiger partial charge in [0.25, 0.3) is 15.9 Å². The number of hydrogen-bond donors (Lipinski definition) is 1. The number of nitrogens with one attached hydrogen (secondary N) is 1. The normalized spacial score (nSPS) is 13.5. The summed E-state index contributed by atoms with van der Waals surface area (Å²) in [4.78, 5) is 24.6. The van der Waals surface area contributed by atoms with E-state index < -0.39 is 15.9 Å². The van der Waals surface area contributed by atoms with Gasteiger partial charge in [-0.15, -0.1) is 0 Å². The smallest absolute Gasteiger partial charge is 0.285 e. The molecule has 1 N–H and O–H groups in total. The van der Waals surface area contributed by atoms with Crippen LogP contribution < -0.4 is 9.46 Å². The number of ketones is 1. The average Bonchev–Trinajstić information content (AvgIpc) is 3.24. The SMILES string of the molecule is COc1ccc(C)cc1-n1ccc(C(=O)NS(=O)(=O)c2ccc3c(c2)C(=O)CCC3)n1. The number of benzene rings is 2. The number of sulfonamides is 1. The van der Waals surface area contributed by atoms with Gasteiger partial charge in [-0.2, -0.15) is 5.10 Å². The van der Waals surface area contributed by atoms with Gasteiger partial charge in [0.15, 0.2) is 11.5 Å². The van der Waals surface area contributed by atoms with Crippen molar-refractivity contribution in [3.05, 3.63) is 71.0 Å². The van der Waals surface area contributed by atoms with E-state index >= 15 is 0 Å². The summed E-state index contributed by atoms with van der Waals surface area (Å²) in [5.41, 5.74) is 2.75. The van der Waals surface area contributed by atoms with Crippen molar-refractivity contribution < 1.29 is 22.7 Å². The lowest BCUT2D eigenvalue weighted by Crippen LogP contribution is -2.31. The highest BCUT2D eigenvalue weighted by Gasteiger charge is 2.24. The number of amides is 1. The van der Waals surface area contributed by atoms with Crippen LogP contribution in [0.3, 0.4) is 0 Å². The molecule has 0 spiro atoms. The molecule has 160 valence electrons. The third-order valence-corrected chi connectivity index (χ3v) is 6.50. The maximum absolute atomic E-state index is 12.7. The fraction of sp³-hybridized carbons (Fsp3) is 0.227. The van der Waals surface area contributed by atoms with E-state index in [0.717, 1.165) is 24.0 Å². The van der Waals surface area contributed by atoms with Gasteiger partial charge in [0.1, 0.15) is 11.4 Å². The highest BCUT2D eigenvalue weighted by atomic mass is 32.2. The van der Waals surface area contributed by atoms with Crippen LogP contribution in [0.25, 0.3) is 5.69 Å². The number of nitrogens with zero attached hydrogens (tertiary/aromatic N) is 2. The molecule has 1 heterocycles. The van der Waals surface area contributed by atoms with Gasteiger partial charge in [0.2, 0.25) is 0 Å². The van der Waals surface area contributed by atoms with E-state index in [1.165, 1.54) is 30.0 Å². The van der Waals surface area contributed by atoms with Gasteiger partial charge in [-0.3, -0.25) is 9.59 Å². The van der Waals surface area contributed by atoms with Crippen molar-refractivity contribution in [1.82, 2.24) is 14.5 Å². The summed E-state index contributed by atoms with van der Waals surface area (Å²) in [6.45, 7) is 1.91. The lowest BCUT2D eigenvalue weighted by atomic mass is 9.91. The summed E-state index contributed by atoms with van der Waals surface area (Å²) >= 11 is 0. The maximum atomic E-state index is 12.7. The van der Waals surface area contributed by atoms with Crippen LogP contribution in [0.15, 0.2) is 53.6 Å². The van der Waals surface area contributed by atoms with E-state index in [4.69, 9.17) is 4.74 Å². The number of rotatable bonds is 5. The van der Waals surface area contributed by atoms with Crippen molar-refractivity contribution in [3.63, 3.8) is 0 Å². The number of carbonyl (C=O) groups is 2. The summed E-state index contributed by atoms with van der Waals surface area (Å²) in [7, 11) is -2.64. The Labute approximate surface area is 179 Å². The second kappa shape index (κ2) is 7.99. The Hall–Kier alpha value is -3.46. The number of aromatic nitrogens is 2. The van der Waals surface area contributed by atoms with E-state index in [-0.39, 0.29) is 16.4 Å². The van der Waals surface area contributed by atoms with Crippen LogP contribution >= 0.6 is 0 Å². The molecule has 1 aliphatic rings. The molecule has 4 rings (SSSR count). The minimum Gasteiger partial charge on any atom is -0.494 e. The van der Waals surface area contributed by atoms with Crippen molar-refractivity contribution in [2.75, 3.05) is 7.11 Å². The van der Waals surface area contributed by atoms with Gasteiger partial charge in [0.05, 0.1) is 12.0 Å². The summed E-state index contributed by atoms with van der Waals surface area (Å²) in [5.74, 6) is -0.392. The standard InChI is InChI=1S/C22H21N3O5S/c1-14-6-9-21(30-2)19(12-14)25-11-10-18(23-25)22(27)24-31(28,29)16-8-7-15-4-3-5-20(26)17(15)13-16/h6-13H,3-5H2,1-2H3,(H,24,27). The van der Waals surface area contributed by atoms with Crippen molar-refractivity contribution in [2.24, 2.45) is 0 Å². The Morgan fingerprint density at radius 2 is 1.94 bits per heavy atom. The van der Waals surface area contributed by atoms with Crippen molar-refractivity contribution in [1.29, 1.82) is 0 Å². The zero-order valence-electron chi connectivity index (χ0n) is 17.1. The number of carbonyl (C=O) groups excluding carboxylic acids is 2. The molecule has 1 aliphatic carbocycles. The molecule has 31 heavy (non-hydrogen) atoms. The van der Waals surface area contributed by atoms with Crippen molar-refractivity contribution >= 4 is 21.7 Å². The molecule has 0 fully saturated rings. The van der Waals surface area contributed by atoms with E-state index in [9.17, 15) is 18.0 Å². The number of aryl methyl sites for hydroxylation is 2. The predicted molar refractivity (Wildman–Crippen MR) is 113 cm³/mol. The molecule has 2 aromatic carbocycles. The number of Topliss-reactive ketones (excluding diaryl/α,β-unsaturated/α-hetero) is 1. The second-order valence-electron chi connectivity index (χ2n) is 7.35. The summed E-state index contributed by atoms with van der Waals surface area (Å²) < 4.78 is 34.3. The number of methoxy groups -OCH3 is 1. The molecule has 0 bridgehead atoms. The average molecular weight is 439 g/mol. The van der Waals surface area contributed by atoms with E-state index in [2.05, 4.69) is 5.10 Å². The zero-order valence-corrected chi connectivity index (χ0v) is 17.9. The molecule has 0 aliphatic heterocycles. The molecular formula is C22H21N3O5S. The summed E-state index contributed by atoms with van der Waals surface area (Å²) in [5, 5.41) is 4.20. The predicted octanol–water partition coefficient (Wildman–Crippen LogP) is 2.83. The Morgan fingerprint density at radius 1 is 1.13 bits per heavy atom. The second-order valence-corrected chi connectivity index (χ2v) is 9.03.